The number of aryl methyl sites for hydroxylation is 1. The average Bonchev–Trinajstić information content (AvgIpc) is 3.33. The molecule has 1 unspecified atom stereocenters. The Kier molecular flexibility index (Phi) is 8.35. The molecule has 3 nitrogen and oxygen atoms in total. The summed E-state index contributed by atoms with van der Waals surface area (Å²) in [6, 6.07) is 32.5. The fraction of sp³-hybridized carbons (Fsp3) is 0.242. The van der Waals surface area contributed by atoms with Crippen LogP contribution in [0.3, 0.4) is 0 Å². The molecular formula is C33H32BrFN2O. The molecule has 0 bridgehead atoms. The fourth-order valence-electron chi connectivity index (χ4n) is 5.52. The second kappa shape index (κ2) is 12.1. The smallest absolute Gasteiger partial charge is 0.234 e. The number of fused-ring (bicyclic) bond motifs is 2. The maximum absolute atomic E-state index is 13.0. The Balaban J connectivity index is 0.000000316. The van der Waals surface area contributed by atoms with Crippen LogP contribution in [-0.2, 0) is 24.1 Å². The predicted octanol–water partition coefficient (Wildman–Crippen LogP) is 6.81. The standard InChI is InChI=1S/C26H25BrN2O.C7H7F/c27-24-12-6-5-11-23(24)26-22-10-4-3-7-18(22)13-14-29(26)17-25(30)28-21-15-19-8-1-2-9-20(19)16-21;1-6-4-2-3-5-7(6)8/h1-12,21,26H,13-17H2,(H,28,30);2-5H,1H3. The van der Waals surface area contributed by atoms with Crippen molar-refractivity contribution >= 4 is 21.8 Å². The van der Waals surface area contributed by atoms with Crippen LogP contribution in [0.25, 0.3) is 0 Å². The number of rotatable bonds is 4. The summed E-state index contributed by atoms with van der Waals surface area (Å²) in [5, 5.41) is 3.29. The van der Waals surface area contributed by atoms with Gasteiger partial charge in [0, 0.05) is 17.1 Å². The van der Waals surface area contributed by atoms with E-state index in [4.69, 9.17) is 0 Å². The molecule has 4 aromatic carbocycles. The van der Waals surface area contributed by atoms with Crippen molar-refractivity contribution in [2.75, 3.05) is 13.1 Å². The van der Waals surface area contributed by atoms with Crippen molar-refractivity contribution in [3.8, 4) is 0 Å². The number of hydrogen-bond donors (Lipinski definition) is 1. The van der Waals surface area contributed by atoms with Gasteiger partial charge >= 0.3 is 0 Å². The van der Waals surface area contributed by atoms with Gasteiger partial charge in [0.25, 0.3) is 0 Å². The highest BCUT2D eigenvalue weighted by molar-refractivity contribution is 9.10. The summed E-state index contributed by atoms with van der Waals surface area (Å²) in [5.74, 6) is -0.0169. The highest BCUT2D eigenvalue weighted by Crippen LogP contribution is 2.38. The molecule has 0 saturated carbocycles. The quantitative estimate of drug-likeness (QED) is 0.292. The lowest BCUT2D eigenvalue weighted by Crippen LogP contribution is -2.46. The normalized spacial score (nSPS) is 16.7. The molecule has 0 radical (unpaired) electrons. The molecule has 0 aromatic heterocycles. The molecule has 0 saturated heterocycles. The SMILES string of the molecule is Cc1ccccc1F.O=C(CN1CCc2ccccc2C1c1ccccc1Br)NC1Cc2ccccc2C1. The van der Waals surface area contributed by atoms with Crippen molar-refractivity contribution in [1.82, 2.24) is 10.2 Å². The summed E-state index contributed by atoms with van der Waals surface area (Å²) in [6.07, 6.45) is 2.83. The summed E-state index contributed by atoms with van der Waals surface area (Å²) in [5.41, 5.74) is 7.32. The van der Waals surface area contributed by atoms with Crippen molar-refractivity contribution < 1.29 is 9.18 Å². The van der Waals surface area contributed by atoms with E-state index in [1.807, 2.05) is 12.1 Å². The lowest BCUT2D eigenvalue weighted by molar-refractivity contribution is -0.123. The molecule has 5 heteroatoms. The lowest BCUT2D eigenvalue weighted by Gasteiger charge is -2.38. The van der Waals surface area contributed by atoms with Gasteiger partial charge in [-0.15, -0.1) is 0 Å². The molecule has 0 spiro atoms. The zero-order valence-electron chi connectivity index (χ0n) is 21.5. The second-order valence-corrected chi connectivity index (χ2v) is 10.9. The molecule has 1 amide bonds. The average molecular weight is 572 g/mol. The molecule has 2 aliphatic rings. The van der Waals surface area contributed by atoms with E-state index in [-0.39, 0.29) is 23.8 Å². The topological polar surface area (TPSA) is 32.3 Å². The van der Waals surface area contributed by atoms with Gasteiger partial charge in [-0.25, -0.2) is 4.39 Å². The zero-order chi connectivity index (χ0) is 26.5. The first-order chi connectivity index (χ1) is 18.5. The molecule has 1 heterocycles. The highest BCUT2D eigenvalue weighted by Gasteiger charge is 2.31. The number of carbonyl (C=O) groups is 1. The van der Waals surface area contributed by atoms with E-state index in [2.05, 4.69) is 92.9 Å². The Morgan fingerprint density at radius 3 is 2.05 bits per heavy atom. The van der Waals surface area contributed by atoms with Crippen molar-refractivity contribution in [1.29, 1.82) is 0 Å². The first-order valence-electron chi connectivity index (χ1n) is 13.1. The van der Waals surface area contributed by atoms with Crippen LogP contribution in [0.1, 0.15) is 39.4 Å². The molecule has 6 rings (SSSR count). The third-order valence-electron chi connectivity index (χ3n) is 7.42. The van der Waals surface area contributed by atoms with Gasteiger partial charge in [0.05, 0.1) is 12.6 Å². The Hall–Kier alpha value is -3.28. The summed E-state index contributed by atoms with van der Waals surface area (Å²) >= 11 is 3.74. The number of nitrogens with one attached hydrogen (secondary N) is 1. The van der Waals surface area contributed by atoms with E-state index in [0.717, 1.165) is 30.3 Å². The Morgan fingerprint density at radius 2 is 1.42 bits per heavy atom. The minimum Gasteiger partial charge on any atom is -0.352 e. The number of benzene rings is 4. The van der Waals surface area contributed by atoms with Gasteiger partial charge < -0.3 is 5.32 Å². The number of carbonyl (C=O) groups excluding carboxylic acids is 1. The summed E-state index contributed by atoms with van der Waals surface area (Å²) in [7, 11) is 0. The third-order valence-corrected chi connectivity index (χ3v) is 8.14. The van der Waals surface area contributed by atoms with Gasteiger partial charge in [0.1, 0.15) is 5.82 Å². The van der Waals surface area contributed by atoms with Gasteiger partial charge in [-0.3, -0.25) is 9.69 Å². The van der Waals surface area contributed by atoms with Gasteiger partial charge in [-0.1, -0.05) is 101 Å². The molecule has 1 aliphatic heterocycles. The zero-order valence-corrected chi connectivity index (χ0v) is 23.1. The van der Waals surface area contributed by atoms with E-state index in [0.29, 0.717) is 12.1 Å². The summed E-state index contributed by atoms with van der Waals surface area (Å²) < 4.78 is 13.4. The van der Waals surface area contributed by atoms with Gasteiger partial charge in [0.2, 0.25) is 5.91 Å². The molecule has 38 heavy (non-hydrogen) atoms. The van der Waals surface area contributed by atoms with Crippen molar-refractivity contribution in [3.05, 3.63) is 141 Å². The number of amides is 1. The highest BCUT2D eigenvalue weighted by atomic mass is 79.9. The van der Waals surface area contributed by atoms with Crippen molar-refractivity contribution in [3.63, 3.8) is 0 Å². The maximum atomic E-state index is 13.0. The molecule has 0 fully saturated rings. The second-order valence-electron chi connectivity index (χ2n) is 10.0. The maximum Gasteiger partial charge on any atom is 0.234 e. The molecule has 1 aliphatic carbocycles. The minimum atomic E-state index is -0.132. The Bertz CT molecular complexity index is 1380. The van der Waals surface area contributed by atoms with Crippen LogP contribution in [0.15, 0.2) is 102 Å². The fourth-order valence-corrected chi connectivity index (χ4v) is 6.02. The summed E-state index contributed by atoms with van der Waals surface area (Å²) in [4.78, 5) is 15.3. The number of nitrogens with zero attached hydrogens (tertiary/aromatic N) is 1. The van der Waals surface area contributed by atoms with Crippen LogP contribution in [0.2, 0.25) is 0 Å². The van der Waals surface area contributed by atoms with Gasteiger partial charge in [0.15, 0.2) is 0 Å². The van der Waals surface area contributed by atoms with Crippen LogP contribution >= 0.6 is 15.9 Å². The largest absolute Gasteiger partial charge is 0.352 e. The van der Waals surface area contributed by atoms with E-state index >= 15 is 0 Å². The number of hydrogen-bond acceptors (Lipinski definition) is 2. The van der Waals surface area contributed by atoms with Crippen LogP contribution in [0.4, 0.5) is 4.39 Å². The molecule has 194 valence electrons. The third kappa shape index (κ3) is 6.06. The van der Waals surface area contributed by atoms with Gasteiger partial charge in [-0.2, -0.15) is 0 Å². The van der Waals surface area contributed by atoms with E-state index < -0.39 is 0 Å². The van der Waals surface area contributed by atoms with Crippen molar-refractivity contribution in [2.24, 2.45) is 0 Å². The predicted molar refractivity (Wildman–Crippen MR) is 155 cm³/mol. The van der Waals surface area contributed by atoms with Crippen LogP contribution in [-0.4, -0.2) is 29.9 Å². The molecular weight excluding hydrogens is 539 g/mol. The molecule has 1 atom stereocenters. The van der Waals surface area contributed by atoms with Gasteiger partial charge in [-0.05, 0) is 71.7 Å². The number of halogens is 2. The molecule has 4 aromatic rings. The first-order valence-corrected chi connectivity index (χ1v) is 13.9. The lowest BCUT2D eigenvalue weighted by atomic mass is 9.88. The Morgan fingerprint density at radius 1 is 0.842 bits per heavy atom. The van der Waals surface area contributed by atoms with Crippen LogP contribution < -0.4 is 5.32 Å². The first kappa shape index (κ1) is 26.3. The van der Waals surface area contributed by atoms with E-state index in [9.17, 15) is 9.18 Å². The minimum absolute atomic E-state index is 0.0806. The molecule has 1 N–H and O–H groups in total. The van der Waals surface area contributed by atoms with Crippen LogP contribution in [0.5, 0.6) is 0 Å². The Labute approximate surface area is 232 Å². The van der Waals surface area contributed by atoms with Crippen LogP contribution in [0, 0.1) is 12.7 Å². The van der Waals surface area contributed by atoms with E-state index in [1.54, 1.807) is 19.1 Å². The van der Waals surface area contributed by atoms with E-state index in [1.165, 1.54) is 33.9 Å². The van der Waals surface area contributed by atoms with Crippen molar-refractivity contribution in [2.45, 2.75) is 38.3 Å². The monoisotopic (exact) mass is 570 g/mol. The summed E-state index contributed by atoms with van der Waals surface area (Å²) in [6.45, 7) is 3.03.